The van der Waals surface area contributed by atoms with Crippen LogP contribution in [-0.2, 0) is 20.6 Å². The quantitative estimate of drug-likeness (QED) is 0.235. The zero-order valence-electron chi connectivity index (χ0n) is 24.6. The van der Waals surface area contributed by atoms with Crippen molar-refractivity contribution in [2.75, 3.05) is 11.9 Å². The molecule has 3 N–H and O–H groups in total. The number of allylic oxidation sites excluding steroid dienone is 1. The number of carboxylic acid groups (broad SMARTS) is 1. The third-order valence-corrected chi connectivity index (χ3v) is 9.66. The number of ether oxygens (including phenoxy) is 1. The molecule has 0 bridgehead atoms. The van der Waals surface area contributed by atoms with Crippen LogP contribution in [0.3, 0.4) is 0 Å². The summed E-state index contributed by atoms with van der Waals surface area (Å²) < 4.78 is 61.7. The van der Waals surface area contributed by atoms with Crippen LogP contribution >= 0.6 is 11.3 Å². The largest absolute Gasteiger partial charge is 0.479 e. The summed E-state index contributed by atoms with van der Waals surface area (Å²) in [4.78, 5) is 46.0. The molecule has 2 fully saturated rings. The summed E-state index contributed by atoms with van der Waals surface area (Å²) in [5, 5.41) is 15.9. The predicted octanol–water partition coefficient (Wildman–Crippen LogP) is 5.76. The second kappa shape index (κ2) is 12.5. The van der Waals surface area contributed by atoms with E-state index < -0.39 is 65.0 Å². The molecule has 2 aliphatic heterocycles. The standard InChI is InChI=1S/C32H32F4N4O5S/c33-20-12-19(32(34,35)36)13-21(14-20)37-24-10-5-3-1-2-4-8-18-16-31(18,29(43)44)39-27(41)25-15-22(17-40(25)28(24)42)45-30-38-23-9-6-7-11-26(23)46-30/h4,6-9,11-14,18,22,24-25,37H,1-3,5,10,15-17H2,(H,39,41)(H,43,44)/t18-,22-,24+,25+,31-/m1/s1. The Hall–Kier alpha value is -4.20. The Kier molecular flexibility index (Phi) is 8.66. The van der Waals surface area contributed by atoms with E-state index in [2.05, 4.69) is 15.6 Å². The maximum atomic E-state index is 14.3. The second-order valence-electron chi connectivity index (χ2n) is 12.0. The highest BCUT2D eigenvalue weighted by Gasteiger charge is 2.61. The van der Waals surface area contributed by atoms with Crippen LogP contribution in [0.25, 0.3) is 10.2 Å². The van der Waals surface area contributed by atoms with Crippen LogP contribution in [0.4, 0.5) is 23.2 Å². The Morgan fingerprint density at radius 1 is 1.15 bits per heavy atom. The molecule has 2 amide bonds. The number of hydrogen-bond donors (Lipinski definition) is 3. The van der Waals surface area contributed by atoms with Crippen molar-refractivity contribution < 1.29 is 41.8 Å². The first-order valence-corrected chi connectivity index (χ1v) is 15.9. The van der Waals surface area contributed by atoms with Gasteiger partial charge < -0.3 is 25.4 Å². The number of para-hydroxylation sites is 1. The Balaban J connectivity index is 1.31. The lowest BCUT2D eigenvalue weighted by Gasteiger charge is -2.30. The van der Waals surface area contributed by atoms with Gasteiger partial charge in [-0.05, 0) is 56.0 Å². The lowest BCUT2D eigenvalue weighted by molar-refractivity contribution is -0.145. The van der Waals surface area contributed by atoms with E-state index >= 15 is 0 Å². The van der Waals surface area contributed by atoms with Gasteiger partial charge in [-0.1, -0.05) is 48.5 Å². The third kappa shape index (κ3) is 6.67. The van der Waals surface area contributed by atoms with Gasteiger partial charge in [0.15, 0.2) is 0 Å². The lowest BCUT2D eigenvalue weighted by Crippen LogP contribution is -2.55. The maximum Gasteiger partial charge on any atom is 0.416 e. The summed E-state index contributed by atoms with van der Waals surface area (Å²) in [5.74, 6) is -3.94. The number of thiazole rings is 1. The summed E-state index contributed by atoms with van der Waals surface area (Å²) in [5.41, 5.74) is -2.20. The van der Waals surface area contributed by atoms with Crippen LogP contribution in [0.15, 0.2) is 54.6 Å². The number of amides is 2. The SMILES string of the molecule is O=C1N[C@]2(C(=O)O)C[C@H]2C=CCCCCC[C@H](Nc2cc(F)cc(C(F)(F)F)c2)C(=O)N2C[C@H](Oc3nc4ccccc4s3)C[C@@H]12. The van der Waals surface area contributed by atoms with Crippen LogP contribution in [0.2, 0.25) is 0 Å². The van der Waals surface area contributed by atoms with Gasteiger partial charge in [0, 0.05) is 18.0 Å². The number of benzene rings is 2. The zero-order chi connectivity index (χ0) is 32.6. The summed E-state index contributed by atoms with van der Waals surface area (Å²) in [7, 11) is 0. The zero-order valence-corrected chi connectivity index (χ0v) is 25.4. The van der Waals surface area contributed by atoms with E-state index in [9.17, 15) is 37.1 Å². The van der Waals surface area contributed by atoms with Crippen LogP contribution in [-0.4, -0.2) is 63.0 Å². The minimum absolute atomic E-state index is 0.0363. The molecule has 0 unspecified atom stereocenters. The normalized spacial score (nSPS) is 27.3. The van der Waals surface area contributed by atoms with Crippen molar-refractivity contribution in [1.29, 1.82) is 0 Å². The molecule has 1 aromatic heterocycles. The first-order chi connectivity index (χ1) is 21.9. The number of anilines is 1. The maximum absolute atomic E-state index is 14.3. The number of halogens is 4. The van der Waals surface area contributed by atoms with Gasteiger partial charge in [-0.2, -0.15) is 13.2 Å². The van der Waals surface area contributed by atoms with Crippen molar-refractivity contribution in [3.05, 3.63) is 66.0 Å². The first kappa shape index (κ1) is 31.8. The number of alkyl halides is 3. The number of carboxylic acids is 1. The van der Waals surface area contributed by atoms with Gasteiger partial charge in [0.05, 0.1) is 22.3 Å². The van der Waals surface area contributed by atoms with Crippen LogP contribution in [0.1, 0.15) is 50.5 Å². The number of fused-ring (bicyclic) bond motifs is 3. The van der Waals surface area contributed by atoms with Crippen molar-refractivity contribution in [2.24, 2.45) is 5.92 Å². The second-order valence-corrected chi connectivity index (χ2v) is 13.0. The number of carbonyl (C=O) groups excluding carboxylic acids is 2. The van der Waals surface area contributed by atoms with E-state index in [4.69, 9.17) is 4.74 Å². The number of aliphatic carboxylic acids is 1. The highest BCUT2D eigenvalue weighted by atomic mass is 32.1. The topological polar surface area (TPSA) is 121 Å². The molecule has 46 heavy (non-hydrogen) atoms. The van der Waals surface area contributed by atoms with Gasteiger partial charge in [0.2, 0.25) is 11.8 Å². The molecule has 244 valence electrons. The molecular formula is C32H32F4N4O5S. The molecule has 0 spiro atoms. The molecule has 5 atom stereocenters. The fourth-order valence-corrected chi connectivity index (χ4v) is 7.11. The highest BCUT2D eigenvalue weighted by molar-refractivity contribution is 7.20. The molecule has 2 aromatic carbocycles. The number of nitrogens with one attached hydrogen (secondary N) is 2. The third-order valence-electron chi connectivity index (χ3n) is 8.73. The Morgan fingerprint density at radius 2 is 1.96 bits per heavy atom. The monoisotopic (exact) mass is 660 g/mol. The number of hydrogen-bond acceptors (Lipinski definition) is 7. The molecule has 9 nitrogen and oxygen atoms in total. The van der Waals surface area contributed by atoms with Crippen LogP contribution in [0, 0.1) is 11.7 Å². The minimum atomic E-state index is -4.80. The van der Waals surface area contributed by atoms with E-state index in [1.165, 1.54) is 16.2 Å². The van der Waals surface area contributed by atoms with E-state index in [-0.39, 0.29) is 31.5 Å². The molecule has 1 saturated carbocycles. The number of aromatic nitrogens is 1. The highest BCUT2D eigenvalue weighted by Crippen LogP contribution is 2.45. The van der Waals surface area contributed by atoms with Gasteiger partial charge in [0.1, 0.15) is 29.5 Å². The van der Waals surface area contributed by atoms with Gasteiger partial charge in [-0.3, -0.25) is 9.59 Å². The summed E-state index contributed by atoms with van der Waals surface area (Å²) in [6, 6.07) is 7.20. The number of carbonyl (C=O) groups is 3. The van der Waals surface area contributed by atoms with Gasteiger partial charge in [0.25, 0.3) is 5.19 Å². The Labute approximate surface area is 265 Å². The van der Waals surface area contributed by atoms with E-state index in [0.29, 0.717) is 30.5 Å². The molecule has 1 aliphatic carbocycles. The number of rotatable bonds is 5. The Bertz CT molecular complexity index is 1650. The van der Waals surface area contributed by atoms with Gasteiger partial charge in [-0.15, -0.1) is 0 Å². The van der Waals surface area contributed by atoms with Crippen LogP contribution < -0.4 is 15.4 Å². The summed E-state index contributed by atoms with van der Waals surface area (Å²) in [6.07, 6.45) is 1.26. The van der Waals surface area contributed by atoms with E-state index in [0.717, 1.165) is 28.8 Å². The molecule has 6 rings (SSSR count). The van der Waals surface area contributed by atoms with Crippen molar-refractivity contribution in [3.63, 3.8) is 0 Å². The first-order valence-electron chi connectivity index (χ1n) is 15.1. The lowest BCUT2D eigenvalue weighted by atomic mass is 10.0. The van der Waals surface area contributed by atoms with Gasteiger partial charge in [-0.25, -0.2) is 14.2 Å². The van der Waals surface area contributed by atoms with Crippen molar-refractivity contribution in [2.45, 2.75) is 74.8 Å². The molecule has 14 heteroatoms. The van der Waals surface area contributed by atoms with Gasteiger partial charge >= 0.3 is 12.1 Å². The van der Waals surface area contributed by atoms with Crippen molar-refractivity contribution in [3.8, 4) is 5.19 Å². The fourth-order valence-electron chi connectivity index (χ4n) is 6.23. The molecule has 0 radical (unpaired) electrons. The smallest absolute Gasteiger partial charge is 0.416 e. The molecule has 3 heterocycles. The number of nitrogens with zero attached hydrogens (tertiary/aromatic N) is 2. The molecule has 3 aliphatic rings. The summed E-state index contributed by atoms with van der Waals surface area (Å²) in [6.45, 7) is -0.0502. The fraction of sp³-hybridized carbons (Fsp3) is 0.438. The minimum Gasteiger partial charge on any atom is -0.479 e. The van der Waals surface area contributed by atoms with Crippen molar-refractivity contribution >= 4 is 45.0 Å². The van der Waals surface area contributed by atoms with Crippen LogP contribution in [0.5, 0.6) is 5.19 Å². The predicted molar refractivity (Wildman–Crippen MR) is 162 cm³/mol. The molecule has 3 aromatic rings. The molecular weight excluding hydrogens is 628 g/mol. The summed E-state index contributed by atoms with van der Waals surface area (Å²) >= 11 is 1.30. The van der Waals surface area contributed by atoms with E-state index in [1.807, 2.05) is 30.3 Å². The van der Waals surface area contributed by atoms with Crippen molar-refractivity contribution in [1.82, 2.24) is 15.2 Å². The van der Waals surface area contributed by atoms with E-state index in [1.54, 1.807) is 6.08 Å². The average Bonchev–Trinajstić information content (AvgIpc) is 3.31. The Morgan fingerprint density at radius 3 is 2.72 bits per heavy atom. The molecule has 1 saturated heterocycles. The average molecular weight is 661 g/mol.